The van der Waals surface area contributed by atoms with Crippen LogP contribution in [0.1, 0.15) is 5.56 Å². The Labute approximate surface area is 155 Å². The highest BCUT2D eigenvalue weighted by molar-refractivity contribution is 7.14. The van der Waals surface area contributed by atoms with Crippen LogP contribution in [0.25, 0.3) is 11.3 Å². The van der Waals surface area contributed by atoms with Crippen molar-refractivity contribution in [3.05, 3.63) is 59.5 Å². The van der Waals surface area contributed by atoms with Crippen molar-refractivity contribution < 1.29 is 14.3 Å². The van der Waals surface area contributed by atoms with Crippen LogP contribution in [0.4, 0.5) is 5.13 Å². The molecule has 0 unspecified atom stereocenters. The average Bonchev–Trinajstić information content (AvgIpc) is 3.16. The largest absolute Gasteiger partial charge is 0.497 e. The molecule has 2 heterocycles. The number of nitrogens with zero attached hydrogens (tertiary/aromatic N) is 1. The highest BCUT2D eigenvalue weighted by atomic mass is 32.1. The summed E-state index contributed by atoms with van der Waals surface area (Å²) in [6, 6.07) is 15.5. The molecule has 1 aliphatic heterocycles. The van der Waals surface area contributed by atoms with Crippen LogP contribution in [0.2, 0.25) is 0 Å². The van der Waals surface area contributed by atoms with E-state index in [4.69, 9.17) is 9.47 Å². The monoisotopic (exact) mass is 366 g/mol. The lowest BCUT2D eigenvalue weighted by Gasteiger charge is -2.24. The number of rotatable bonds is 4. The molecule has 26 heavy (non-hydrogen) atoms. The van der Waals surface area contributed by atoms with Gasteiger partial charge in [-0.05, 0) is 42.3 Å². The second kappa shape index (κ2) is 7.17. The number of nitrogens with one attached hydrogen (secondary N) is 1. The average molecular weight is 366 g/mol. The molecule has 1 aromatic heterocycles. The number of carbonyl (C=O) groups is 1. The third-order valence-electron chi connectivity index (χ3n) is 4.37. The fraction of sp³-hybridized carbons (Fsp3) is 0.200. The van der Waals surface area contributed by atoms with Crippen molar-refractivity contribution in [1.82, 2.24) is 4.98 Å². The predicted octanol–water partition coefficient (Wildman–Crippen LogP) is 4.01. The maximum absolute atomic E-state index is 12.6. The van der Waals surface area contributed by atoms with Gasteiger partial charge >= 0.3 is 0 Å². The van der Waals surface area contributed by atoms with Crippen molar-refractivity contribution in [2.75, 3.05) is 19.0 Å². The molecule has 0 saturated heterocycles. The first kappa shape index (κ1) is 16.6. The number of para-hydroxylation sites is 1. The van der Waals surface area contributed by atoms with Crippen molar-refractivity contribution in [1.29, 1.82) is 0 Å². The third-order valence-corrected chi connectivity index (χ3v) is 5.13. The number of benzene rings is 2. The van der Waals surface area contributed by atoms with Gasteiger partial charge in [0.2, 0.25) is 5.91 Å². The Bertz CT molecular complexity index is 921. The number of methoxy groups -OCH3 is 1. The van der Waals surface area contributed by atoms with E-state index >= 15 is 0 Å². The van der Waals surface area contributed by atoms with Gasteiger partial charge in [-0.15, -0.1) is 11.3 Å². The molecule has 0 bridgehead atoms. The molecule has 1 amide bonds. The molecule has 0 radical (unpaired) electrons. The molecule has 132 valence electrons. The van der Waals surface area contributed by atoms with Gasteiger partial charge in [-0.25, -0.2) is 4.98 Å². The molecule has 2 aromatic carbocycles. The van der Waals surface area contributed by atoms with E-state index in [1.807, 2.05) is 53.9 Å². The second-order valence-corrected chi connectivity index (χ2v) is 6.93. The first-order valence-corrected chi connectivity index (χ1v) is 9.22. The van der Waals surface area contributed by atoms with Gasteiger partial charge in [-0.3, -0.25) is 4.79 Å². The summed E-state index contributed by atoms with van der Waals surface area (Å²) in [5.74, 6) is 1.40. The summed E-state index contributed by atoms with van der Waals surface area (Å²) in [4.78, 5) is 17.1. The minimum absolute atomic E-state index is 0.0601. The van der Waals surface area contributed by atoms with Gasteiger partial charge in [-0.1, -0.05) is 18.2 Å². The number of hydrogen-bond acceptors (Lipinski definition) is 5. The van der Waals surface area contributed by atoms with Crippen molar-refractivity contribution in [3.8, 4) is 22.8 Å². The Balaban J connectivity index is 1.43. The molecule has 1 aliphatic rings. The van der Waals surface area contributed by atoms with E-state index in [1.54, 1.807) is 7.11 Å². The topological polar surface area (TPSA) is 60.5 Å². The number of amides is 1. The van der Waals surface area contributed by atoms with Crippen LogP contribution in [0.5, 0.6) is 11.5 Å². The van der Waals surface area contributed by atoms with E-state index < -0.39 is 0 Å². The summed E-state index contributed by atoms with van der Waals surface area (Å²) in [5.41, 5.74) is 2.88. The fourth-order valence-electron chi connectivity index (χ4n) is 2.93. The van der Waals surface area contributed by atoms with Gasteiger partial charge in [0, 0.05) is 10.9 Å². The summed E-state index contributed by atoms with van der Waals surface area (Å²) < 4.78 is 10.9. The van der Waals surface area contributed by atoms with Crippen LogP contribution >= 0.6 is 11.3 Å². The lowest BCUT2D eigenvalue weighted by Crippen LogP contribution is -2.32. The van der Waals surface area contributed by atoms with Gasteiger partial charge in [0.1, 0.15) is 18.1 Å². The van der Waals surface area contributed by atoms with Crippen LogP contribution in [-0.2, 0) is 11.2 Å². The van der Waals surface area contributed by atoms with E-state index in [-0.39, 0.29) is 11.8 Å². The molecule has 5 nitrogen and oxygen atoms in total. The summed E-state index contributed by atoms with van der Waals surface area (Å²) in [6.45, 7) is 0.388. The van der Waals surface area contributed by atoms with E-state index in [2.05, 4.69) is 10.3 Å². The second-order valence-electron chi connectivity index (χ2n) is 6.08. The molecule has 4 rings (SSSR count). The van der Waals surface area contributed by atoms with Crippen LogP contribution in [0, 0.1) is 5.92 Å². The third kappa shape index (κ3) is 3.41. The van der Waals surface area contributed by atoms with Crippen LogP contribution in [0.3, 0.4) is 0 Å². The Morgan fingerprint density at radius 3 is 2.85 bits per heavy atom. The summed E-state index contributed by atoms with van der Waals surface area (Å²) in [6.07, 6.45) is 0.679. The van der Waals surface area contributed by atoms with Crippen LogP contribution in [0.15, 0.2) is 53.9 Å². The van der Waals surface area contributed by atoms with Gasteiger partial charge in [0.25, 0.3) is 0 Å². The molecule has 0 spiro atoms. The summed E-state index contributed by atoms with van der Waals surface area (Å²) >= 11 is 1.42. The van der Waals surface area contributed by atoms with E-state index in [1.165, 1.54) is 11.3 Å². The lowest BCUT2D eigenvalue weighted by molar-refractivity contribution is -0.121. The standard InChI is InChI=1S/C20H18N2O3S/c1-24-16-8-6-13(7-9-16)17-12-26-20(21-17)22-19(23)15-10-14-4-2-3-5-18(14)25-11-15/h2-9,12,15H,10-11H2,1H3,(H,21,22,23)/t15-/m0/s1. The Morgan fingerprint density at radius 2 is 2.04 bits per heavy atom. The number of carbonyl (C=O) groups excluding carboxylic acids is 1. The molecule has 0 aliphatic carbocycles. The van der Waals surface area contributed by atoms with E-state index in [0.29, 0.717) is 18.2 Å². The Kier molecular flexibility index (Phi) is 4.58. The van der Waals surface area contributed by atoms with Crippen molar-refractivity contribution >= 4 is 22.4 Å². The quantitative estimate of drug-likeness (QED) is 0.758. The molecule has 3 aromatic rings. The van der Waals surface area contributed by atoms with Gasteiger partial charge in [0.15, 0.2) is 5.13 Å². The van der Waals surface area contributed by atoms with Crippen LogP contribution in [-0.4, -0.2) is 24.6 Å². The number of fused-ring (bicyclic) bond motifs is 1. The first-order valence-electron chi connectivity index (χ1n) is 8.34. The zero-order valence-corrected chi connectivity index (χ0v) is 15.1. The van der Waals surface area contributed by atoms with Crippen molar-refractivity contribution in [3.63, 3.8) is 0 Å². The van der Waals surface area contributed by atoms with Crippen molar-refractivity contribution in [2.24, 2.45) is 5.92 Å². The SMILES string of the molecule is COc1ccc(-c2csc(NC(=O)[C@@H]3COc4ccccc4C3)n2)cc1. The maximum Gasteiger partial charge on any atom is 0.233 e. The molecule has 6 heteroatoms. The zero-order valence-electron chi connectivity index (χ0n) is 14.3. The molecule has 0 saturated carbocycles. The summed E-state index contributed by atoms with van der Waals surface area (Å²) in [7, 11) is 1.64. The molecule has 1 N–H and O–H groups in total. The smallest absolute Gasteiger partial charge is 0.233 e. The van der Waals surface area contributed by atoms with E-state index in [9.17, 15) is 4.79 Å². The van der Waals surface area contributed by atoms with Gasteiger partial charge < -0.3 is 14.8 Å². The molecular formula is C20H18N2O3S. The Morgan fingerprint density at radius 1 is 1.23 bits per heavy atom. The zero-order chi connectivity index (χ0) is 17.9. The number of aromatic nitrogens is 1. The number of thiazole rings is 1. The predicted molar refractivity (Wildman–Crippen MR) is 102 cm³/mol. The summed E-state index contributed by atoms with van der Waals surface area (Å²) in [5, 5.41) is 5.45. The maximum atomic E-state index is 12.6. The van der Waals surface area contributed by atoms with Crippen LogP contribution < -0.4 is 14.8 Å². The molecule has 0 fully saturated rings. The minimum Gasteiger partial charge on any atom is -0.497 e. The lowest BCUT2D eigenvalue weighted by atomic mass is 9.96. The van der Waals surface area contributed by atoms with Crippen molar-refractivity contribution in [2.45, 2.75) is 6.42 Å². The molecule has 1 atom stereocenters. The number of anilines is 1. The van der Waals surface area contributed by atoms with E-state index in [0.717, 1.165) is 28.3 Å². The fourth-order valence-corrected chi connectivity index (χ4v) is 3.65. The minimum atomic E-state index is -0.210. The van der Waals surface area contributed by atoms with Gasteiger partial charge in [0.05, 0.1) is 18.7 Å². The highest BCUT2D eigenvalue weighted by Gasteiger charge is 2.26. The highest BCUT2D eigenvalue weighted by Crippen LogP contribution is 2.29. The Hall–Kier alpha value is -2.86. The number of hydrogen-bond donors (Lipinski definition) is 1. The molecular weight excluding hydrogens is 348 g/mol. The normalized spacial score (nSPS) is 15.7. The first-order chi connectivity index (χ1) is 12.7. The number of ether oxygens (including phenoxy) is 2. The van der Waals surface area contributed by atoms with Gasteiger partial charge in [-0.2, -0.15) is 0 Å².